The van der Waals surface area contributed by atoms with Gasteiger partial charge in [0.25, 0.3) is 0 Å². The number of esters is 1. The summed E-state index contributed by atoms with van der Waals surface area (Å²) in [5.74, 6) is -1.74. The van der Waals surface area contributed by atoms with Crippen LogP contribution in [0.4, 0.5) is 0 Å². The van der Waals surface area contributed by atoms with E-state index in [1.54, 1.807) is 13.8 Å². The van der Waals surface area contributed by atoms with E-state index >= 15 is 0 Å². The lowest BCUT2D eigenvalue weighted by molar-refractivity contribution is -0.168. The van der Waals surface area contributed by atoms with Gasteiger partial charge in [-0.15, -0.1) is 0 Å². The molecule has 0 aliphatic rings. The number of hydrogen-bond donors (Lipinski definition) is 1. The number of carbonyl (C=O) groups is 2. The monoisotopic (exact) mass is 230 g/mol. The van der Waals surface area contributed by atoms with Crippen LogP contribution in [0.15, 0.2) is 0 Å². The van der Waals surface area contributed by atoms with Crippen LogP contribution in [0, 0.1) is 11.3 Å². The third kappa shape index (κ3) is 5.14. The van der Waals surface area contributed by atoms with E-state index in [0.29, 0.717) is 0 Å². The molecule has 0 rings (SSSR count). The first kappa shape index (κ1) is 14.9. The van der Waals surface area contributed by atoms with Gasteiger partial charge in [0.1, 0.15) is 0 Å². The summed E-state index contributed by atoms with van der Waals surface area (Å²) in [6.07, 6.45) is 0.0572. The molecule has 1 atom stereocenters. The topological polar surface area (TPSA) is 63.6 Å². The molecule has 0 aromatic rings. The number of hydrogen-bond acceptors (Lipinski definition) is 3. The molecular weight excluding hydrogens is 208 g/mol. The van der Waals surface area contributed by atoms with Gasteiger partial charge in [0.05, 0.1) is 6.42 Å². The Labute approximate surface area is 97.0 Å². The first-order chi connectivity index (χ1) is 7.19. The zero-order valence-electron chi connectivity index (χ0n) is 10.7. The number of rotatable bonds is 6. The van der Waals surface area contributed by atoms with E-state index in [1.165, 1.54) is 0 Å². The van der Waals surface area contributed by atoms with Crippen LogP contribution in [-0.4, -0.2) is 23.1 Å². The van der Waals surface area contributed by atoms with E-state index in [0.717, 1.165) is 6.42 Å². The average Bonchev–Trinajstić information content (AvgIpc) is 2.12. The fourth-order valence-corrected chi connectivity index (χ4v) is 1.17. The SMILES string of the molecule is CCC(C)(C)CC(=O)OC(C(=O)O)C(C)C. The minimum atomic E-state index is -1.09. The van der Waals surface area contributed by atoms with Gasteiger partial charge in [-0.1, -0.05) is 41.0 Å². The second-order valence-electron chi connectivity index (χ2n) is 5.19. The molecule has 0 amide bonds. The minimum absolute atomic E-state index is 0.142. The Hall–Kier alpha value is -1.06. The summed E-state index contributed by atoms with van der Waals surface area (Å²) in [6, 6.07) is 0. The van der Waals surface area contributed by atoms with Gasteiger partial charge < -0.3 is 9.84 Å². The first-order valence-corrected chi connectivity index (χ1v) is 5.62. The number of carboxylic acid groups (broad SMARTS) is 1. The van der Waals surface area contributed by atoms with Crippen LogP contribution >= 0.6 is 0 Å². The number of carboxylic acids is 1. The molecule has 16 heavy (non-hydrogen) atoms. The van der Waals surface area contributed by atoms with Crippen molar-refractivity contribution in [3.8, 4) is 0 Å². The van der Waals surface area contributed by atoms with Crippen LogP contribution in [0.25, 0.3) is 0 Å². The molecule has 0 aromatic carbocycles. The Kier molecular flexibility index (Phi) is 5.48. The Morgan fingerprint density at radius 3 is 2.12 bits per heavy atom. The van der Waals surface area contributed by atoms with Crippen LogP contribution < -0.4 is 0 Å². The zero-order valence-corrected chi connectivity index (χ0v) is 10.7. The predicted molar refractivity (Wildman–Crippen MR) is 61.0 cm³/mol. The van der Waals surface area contributed by atoms with Gasteiger partial charge in [-0.25, -0.2) is 4.79 Å². The predicted octanol–water partition coefficient (Wildman–Crippen LogP) is 2.47. The maximum absolute atomic E-state index is 11.6. The van der Waals surface area contributed by atoms with Crippen molar-refractivity contribution in [2.45, 2.75) is 53.6 Å². The molecule has 0 aliphatic carbocycles. The van der Waals surface area contributed by atoms with Crippen LogP contribution in [0.2, 0.25) is 0 Å². The van der Waals surface area contributed by atoms with Gasteiger partial charge in [-0.3, -0.25) is 4.79 Å². The third-order valence-electron chi connectivity index (χ3n) is 2.69. The fourth-order valence-electron chi connectivity index (χ4n) is 1.17. The van der Waals surface area contributed by atoms with Crippen molar-refractivity contribution in [1.29, 1.82) is 0 Å². The molecular formula is C12H22O4. The van der Waals surface area contributed by atoms with Crippen LogP contribution in [0.3, 0.4) is 0 Å². The molecule has 94 valence electrons. The van der Waals surface area contributed by atoms with Crippen molar-refractivity contribution in [2.24, 2.45) is 11.3 Å². The summed E-state index contributed by atoms with van der Waals surface area (Å²) in [7, 11) is 0. The number of aliphatic carboxylic acids is 1. The van der Waals surface area contributed by atoms with Gasteiger partial charge in [-0.05, 0) is 5.41 Å². The smallest absolute Gasteiger partial charge is 0.345 e. The quantitative estimate of drug-likeness (QED) is 0.712. The number of ether oxygens (including phenoxy) is 1. The molecule has 4 heteroatoms. The molecule has 0 spiro atoms. The Bertz CT molecular complexity index is 256. The van der Waals surface area contributed by atoms with Crippen LogP contribution in [0.1, 0.15) is 47.5 Å². The van der Waals surface area contributed by atoms with Crippen LogP contribution in [0.5, 0.6) is 0 Å². The summed E-state index contributed by atoms with van der Waals surface area (Å²) in [6.45, 7) is 9.34. The van der Waals surface area contributed by atoms with E-state index in [4.69, 9.17) is 9.84 Å². The lowest BCUT2D eigenvalue weighted by atomic mass is 9.87. The maximum Gasteiger partial charge on any atom is 0.345 e. The minimum Gasteiger partial charge on any atom is -0.478 e. The van der Waals surface area contributed by atoms with Crippen molar-refractivity contribution in [1.82, 2.24) is 0 Å². The Balaban J connectivity index is 4.37. The highest BCUT2D eigenvalue weighted by molar-refractivity contribution is 5.78. The highest BCUT2D eigenvalue weighted by atomic mass is 16.6. The highest BCUT2D eigenvalue weighted by Crippen LogP contribution is 2.25. The zero-order chi connectivity index (χ0) is 12.9. The van der Waals surface area contributed by atoms with E-state index in [9.17, 15) is 9.59 Å². The standard InChI is InChI=1S/C12H22O4/c1-6-12(4,5)7-9(13)16-10(8(2)3)11(14)15/h8,10H,6-7H2,1-5H3,(H,14,15). The molecule has 4 nitrogen and oxygen atoms in total. The lowest BCUT2D eigenvalue weighted by Crippen LogP contribution is -2.33. The average molecular weight is 230 g/mol. The summed E-state index contributed by atoms with van der Waals surface area (Å²) in [4.78, 5) is 22.4. The van der Waals surface area contributed by atoms with Gasteiger partial charge in [0.15, 0.2) is 0 Å². The first-order valence-electron chi connectivity index (χ1n) is 5.62. The van der Waals surface area contributed by atoms with E-state index in [1.807, 2.05) is 20.8 Å². The summed E-state index contributed by atoms with van der Waals surface area (Å²) >= 11 is 0. The highest BCUT2D eigenvalue weighted by Gasteiger charge is 2.28. The Morgan fingerprint density at radius 1 is 1.31 bits per heavy atom. The normalized spacial score (nSPS) is 13.6. The van der Waals surface area contributed by atoms with Crippen molar-refractivity contribution >= 4 is 11.9 Å². The molecule has 0 aromatic heterocycles. The second kappa shape index (κ2) is 5.87. The van der Waals surface area contributed by atoms with Gasteiger partial charge in [0, 0.05) is 5.92 Å². The van der Waals surface area contributed by atoms with Crippen molar-refractivity contribution in [2.75, 3.05) is 0 Å². The molecule has 1 N–H and O–H groups in total. The van der Waals surface area contributed by atoms with E-state index in [-0.39, 0.29) is 17.8 Å². The van der Waals surface area contributed by atoms with Crippen molar-refractivity contribution < 1.29 is 19.4 Å². The molecule has 0 heterocycles. The van der Waals surface area contributed by atoms with Gasteiger partial charge >= 0.3 is 11.9 Å². The maximum atomic E-state index is 11.6. The van der Waals surface area contributed by atoms with E-state index in [2.05, 4.69) is 0 Å². The molecule has 0 bridgehead atoms. The third-order valence-corrected chi connectivity index (χ3v) is 2.69. The fraction of sp³-hybridized carbons (Fsp3) is 0.833. The van der Waals surface area contributed by atoms with Crippen molar-refractivity contribution in [3.05, 3.63) is 0 Å². The van der Waals surface area contributed by atoms with Gasteiger partial charge in [0.2, 0.25) is 6.10 Å². The molecule has 0 saturated carbocycles. The summed E-state index contributed by atoms with van der Waals surface area (Å²) in [5.41, 5.74) is -0.142. The van der Waals surface area contributed by atoms with Crippen LogP contribution in [-0.2, 0) is 14.3 Å². The summed E-state index contributed by atoms with van der Waals surface area (Å²) in [5, 5.41) is 8.87. The molecule has 1 unspecified atom stereocenters. The second-order valence-corrected chi connectivity index (χ2v) is 5.19. The summed E-state index contributed by atoms with van der Waals surface area (Å²) < 4.78 is 4.97. The number of carbonyl (C=O) groups excluding carboxylic acids is 1. The lowest BCUT2D eigenvalue weighted by Gasteiger charge is -2.23. The molecule has 0 saturated heterocycles. The molecule has 0 aliphatic heterocycles. The van der Waals surface area contributed by atoms with Crippen molar-refractivity contribution in [3.63, 3.8) is 0 Å². The van der Waals surface area contributed by atoms with Gasteiger partial charge in [-0.2, -0.15) is 0 Å². The molecule has 0 fully saturated rings. The Morgan fingerprint density at radius 2 is 1.81 bits per heavy atom. The van der Waals surface area contributed by atoms with E-state index < -0.39 is 18.0 Å². The largest absolute Gasteiger partial charge is 0.478 e. The molecule has 0 radical (unpaired) electrons.